The molecule has 4 aromatic rings. The fourth-order valence-electron chi connectivity index (χ4n) is 7.33. The Morgan fingerprint density at radius 3 is 2.54 bits per heavy atom. The number of fused-ring (bicyclic) bond motifs is 1. The van der Waals surface area contributed by atoms with Crippen molar-refractivity contribution in [3.8, 4) is 17.2 Å². The molecule has 52 heavy (non-hydrogen) atoms. The smallest absolute Gasteiger partial charge is 0.307 e. The van der Waals surface area contributed by atoms with Gasteiger partial charge in [-0.3, -0.25) is 23.9 Å². The van der Waals surface area contributed by atoms with Gasteiger partial charge < -0.3 is 41.8 Å². The number of nitrogens with zero attached hydrogens (tertiary/aromatic N) is 2. The highest BCUT2D eigenvalue weighted by Crippen LogP contribution is 2.55. The lowest BCUT2D eigenvalue weighted by molar-refractivity contribution is -0.141. The van der Waals surface area contributed by atoms with Crippen molar-refractivity contribution >= 4 is 45.0 Å². The van der Waals surface area contributed by atoms with Crippen molar-refractivity contribution in [2.75, 3.05) is 20.8 Å². The number of ketones is 1. The maximum atomic E-state index is 13.7. The van der Waals surface area contributed by atoms with E-state index in [1.165, 1.54) is 25.6 Å². The summed E-state index contributed by atoms with van der Waals surface area (Å²) in [5.74, 6) is -2.75. The van der Waals surface area contributed by atoms with Crippen molar-refractivity contribution in [3.05, 3.63) is 81.5 Å². The van der Waals surface area contributed by atoms with Crippen LogP contribution < -0.4 is 36.7 Å². The number of nitrogens with two attached hydrogens (primary N) is 3. The van der Waals surface area contributed by atoms with Gasteiger partial charge in [0.05, 0.1) is 43.4 Å². The van der Waals surface area contributed by atoms with Gasteiger partial charge in [0.1, 0.15) is 17.1 Å². The molecule has 0 bridgehead atoms. The highest BCUT2D eigenvalue weighted by atomic mass is 32.1. The number of nitrogens with one attached hydrogen (secondary N) is 1. The summed E-state index contributed by atoms with van der Waals surface area (Å²) in [6.07, 6.45) is 3.91. The van der Waals surface area contributed by atoms with Crippen LogP contribution in [-0.2, 0) is 11.3 Å². The lowest BCUT2D eigenvalue weighted by Gasteiger charge is -2.41. The lowest BCUT2D eigenvalue weighted by atomic mass is 9.77. The highest BCUT2D eigenvalue weighted by molar-refractivity contribution is 7.20. The molecule has 6 rings (SSSR count). The van der Waals surface area contributed by atoms with Crippen LogP contribution >= 0.6 is 11.3 Å². The predicted molar refractivity (Wildman–Crippen MR) is 194 cm³/mol. The number of carboxylic acids is 1. The number of methoxy groups -OCH3 is 2. The van der Waals surface area contributed by atoms with Crippen LogP contribution in [0.4, 0.5) is 0 Å². The van der Waals surface area contributed by atoms with Crippen LogP contribution in [0, 0.1) is 18.8 Å². The minimum Gasteiger partial charge on any atom is -0.493 e. The van der Waals surface area contributed by atoms with E-state index < -0.39 is 41.3 Å². The number of benzene rings is 2. The molecule has 1 aliphatic carbocycles. The van der Waals surface area contributed by atoms with Gasteiger partial charge >= 0.3 is 5.97 Å². The van der Waals surface area contributed by atoms with Crippen molar-refractivity contribution in [3.63, 3.8) is 0 Å². The molecule has 15 heteroatoms. The van der Waals surface area contributed by atoms with E-state index in [-0.39, 0.29) is 36.7 Å². The first kappa shape index (κ1) is 36.5. The number of primary amides is 1. The Labute approximate surface area is 303 Å². The minimum atomic E-state index is -1.49. The maximum Gasteiger partial charge on any atom is 0.307 e. The molecule has 1 aliphatic heterocycles. The monoisotopic (exact) mass is 730 g/mol. The van der Waals surface area contributed by atoms with E-state index in [0.29, 0.717) is 57.6 Å². The molecule has 0 saturated heterocycles. The second-order valence-electron chi connectivity index (χ2n) is 13.2. The number of rotatable bonds is 14. The van der Waals surface area contributed by atoms with Crippen LogP contribution in [0.3, 0.4) is 0 Å². The summed E-state index contributed by atoms with van der Waals surface area (Å²) in [6.45, 7) is 4.32. The van der Waals surface area contributed by atoms with Gasteiger partial charge in [-0.1, -0.05) is 12.2 Å². The van der Waals surface area contributed by atoms with Gasteiger partial charge in [-0.2, -0.15) is 5.10 Å². The zero-order valence-corrected chi connectivity index (χ0v) is 30.1. The number of aromatic nitrogens is 2. The lowest BCUT2D eigenvalue weighted by Crippen LogP contribution is -2.64. The molecule has 5 atom stereocenters. The van der Waals surface area contributed by atoms with Crippen LogP contribution in [0.25, 0.3) is 10.1 Å². The Balaban J connectivity index is 1.21. The number of hydrogen-bond acceptors (Lipinski definition) is 11. The Morgan fingerprint density at radius 2 is 1.87 bits per heavy atom. The fourth-order valence-corrected chi connectivity index (χ4v) is 8.35. The molecule has 3 heterocycles. The van der Waals surface area contributed by atoms with E-state index in [2.05, 4.69) is 10.4 Å². The third-order valence-electron chi connectivity index (χ3n) is 9.93. The number of aliphatic carboxylic acids is 1. The van der Waals surface area contributed by atoms with Crippen molar-refractivity contribution in [2.24, 2.45) is 29.0 Å². The van der Waals surface area contributed by atoms with Gasteiger partial charge in [0, 0.05) is 46.7 Å². The molecule has 2 amide bonds. The van der Waals surface area contributed by atoms with E-state index in [0.717, 1.165) is 10.1 Å². The molecular formula is C37H42N6O8S. The minimum absolute atomic E-state index is 0.111. The van der Waals surface area contributed by atoms with Gasteiger partial charge in [0.2, 0.25) is 5.91 Å². The maximum absolute atomic E-state index is 13.7. The molecule has 1 unspecified atom stereocenters. The van der Waals surface area contributed by atoms with Crippen molar-refractivity contribution in [1.29, 1.82) is 0 Å². The number of carbonyl (C=O) groups is 4. The van der Waals surface area contributed by atoms with Crippen LogP contribution in [-0.4, -0.2) is 64.9 Å². The number of ether oxygens (including phenoxy) is 3. The molecule has 2 aromatic heterocycles. The number of amides is 2. The summed E-state index contributed by atoms with van der Waals surface area (Å²) in [6, 6.07) is 9.23. The first-order valence-corrected chi connectivity index (χ1v) is 17.7. The second-order valence-corrected chi connectivity index (χ2v) is 14.3. The van der Waals surface area contributed by atoms with Gasteiger partial charge in [-0.25, -0.2) is 0 Å². The molecule has 2 aromatic carbocycles. The normalized spacial score (nSPS) is 21.1. The average Bonchev–Trinajstić information content (AvgIpc) is 3.78. The first-order chi connectivity index (χ1) is 24.8. The average molecular weight is 731 g/mol. The third kappa shape index (κ3) is 6.62. The molecule has 0 fully saturated rings. The summed E-state index contributed by atoms with van der Waals surface area (Å²) in [5.41, 5.74) is 20.5. The number of carbonyl (C=O) groups excluding carboxylic acids is 3. The molecule has 8 N–H and O–H groups in total. The molecule has 14 nitrogen and oxygen atoms in total. The topological polar surface area (TPSA) is 224 Å². The molecular weight excluding hydrogens is 689 g/mol. The van der Waals surface area contributed by atoms with Crippen LogP contribution in [0.2, 0.25) is 0 Å². The Morgan fingerprint density at radius 1 is 1.13 bits per heavy atom. The number of hydrogen-bond donors (Lipinski definition) is 5. The van der Waals surface area contributed by atoms with E-state index in [4.69, 9.17) is 31.4 Å². The van der Waals surface area contributed by atoms with Gasteiger partial charge in [-0.15, -0.1) is 11.3 Å². The molecule has 2 aliphatic rings. The van der Waals surface area contributed by atoms with Crippen LogP contribution in [0.1, 0.15) is 85.5 Å². The third-order valence-corrected chi connectivity index (χ3v) is 11.1. The van der Waals surface area contributed by atoms with E-state index in [1.54, 1.807) is 54.1 Å². The zero-order chi connectivity index (χ0) is 37.5. The number of thiophene rings is 1. The van der Waals surface area contributed by atoms with Crippen molar-refractivity contribution in [1.82, 2.24) is 15.1 Å². The van der Waals surface area contributed by atoms with Crippen LogP contribution in [0.15, 0.2) is 48.6 Å². The summed E-state index contributed by atoms with van der Waals surface area (Å²) < 4.78 is 19.3. The quantitative estimate of drug-likeness (QED) is 0.0707. The molecule has 274 valence electrons. The Hall–Kier alpha value is -5.25. The molecule has 0 saturated carbocycles. The molecule has 0 spiro atoms. The van der Waals surface area contributed by atoms with Gasteiger partial charge in [0.25, 0.3) is 5.91 Å². The standard InChI is InChI=1S/C37H42N6O8S/c1-5-43-24(10-18(2)42-43)35(46)41-37(40)32-20(17-51-28-14-22(34(39)45)11-23(31(28)32)33(37)38)9-7-6-8-19(36(47)48)12-25(44)30-15-21-13-26(49-3)27(50-4)16-29(21)52-30/h6-7,10-11,13-16,19-20,32-33H,5,8-9,12,17,38,40H2,1-4H3,(H2,39,45)(H,41,46)(H,47,48)/b7-6+/t19?,20-,32+,33+,37+/m1/s1. The number of aryl methyl sites for hydroxylation is 2. The SMILES string of the molecule is CCn1nc(C)cc1C(=O)N[C@@]1(N)[C@@H]2c3c(cc(C(N)=O)cc3[C@@H]1N)OC[C@H]2C/C=C/CC(CC(=O)c1cc2cc(OC)c(OC)cc2s1)C(=O)O. The van der Waals surface area contributed by atoms with Crippen LogP contribution in [0.5, 0.6) is 17.2 Å². The van der Waals surface area contributed by atoms with Gasteiger partial charge in [0.15, 0.2) is 17.3 Å². The van der Waals surface area contributed by atoms with E-state index in [1.807, 2.05) is 13.0 Å². The van der Waals surface area contributed by atoms with Crippen molar-refractivity contribution < 1.29 is 38.5 Å². The fraction of sp³-hybridized carbons (Fsp3) is 0.378. The number of Topliss-reactive ketones (excluding diaryl/α,β-unsaturated/α-hetero) is 1. The Kier molecular flexibility index (Phi) is 10.1. The first-order valence-electron chi connectivity index (χ1n) is 16.9. The summed E-state index contributed by atoms with van der Waals surface area (Å²) in [7, 11) is 3.07. The van der Waals surface area contributed by atoms with E-state index in [9.17, 15) is 24.3 Å². The zero-order valence-electron chi connectivity index (χ0n) is 29.3. The second kappa shape index (κ2) is 14.4. The van der Waals surface area contributed by atoms with Crippen molar-refractivity contribution in [2.45, 2.75) is 57.3 Å². The number of carboxylic acid groups (broad SMARTS) is 1. The Bertz CT molecular complexity index is 2070. The highest BCUT2D eigenvalue weighted by Gasteiger charge is 2.56. The summed E-state index contributed by atoms with van der Waals surface area (Å²) in [4.78, 5) is 51.9. The van der Waals surface area contributed by atoms with E-state index >= 15 is 0 Å². The summed E-state index contributed by atoms with van der Waals surface area (Å²) >= 11 is 1.27. The largest absolute Gasteiger partial charge is 0.493 e. The summed E-state index contributed by atoms with van der Waals surface area (Å²) in [5, 5.41) is 18.2. The van der Waals surface area contributed by atoms with Gasteiger partial charge in [-0.05, 0) is 68.0 Å². The predicted octanol–water partition coefficient (Wildman–Crippen LogP) is 4.04. The molecule has 0 radical (unpaired) electrons. The number of allylic oxidation sites excluding steroid dienone is 2.